The highest BCUT2D eigenvalue weighted by atomic mass is 15.2. The lowest BCUT2D eigenvalue weighted by Gasteiger charge is -2.42. The van der Waals surface area contributed by atoms with Gasteiger partial charge in [-0.15, -0.1) is 0 Å². The van der Waals surface area contributed by atoms with E-state index in [1.54, 1.807) is 0 Å². The van der Waals surface area contributed by atoms with Crippen molar-refractivity contribution < 1.29 is 0 Å². The molecule has 0 bridgehead atoms. The van der Waals surface area contributed by atoms with E-state index < -0.39 is 0 Å². The molecule has 2 nitrogen and oxygen atoms in total. The maximum atomic E-state index is 6.01. The molecule has 0 aromatic rings. The van der Waals surface area contributed by atoms with Crippen LogP contribution in [0.5, 0.6) is 0 Å². The predicted molar refractivity (Wildman–Crippen MR) is 69.0 cm³/mol. The highest BCUT2D eigenvalue weighted by molar-refractivity contribution is 4.89. The van der Waals surface area contributed by atoms with Gasteiger partial charge in [-0.25, -0.2) is 0 Å². The molecule has 0 aromatic heterocycles. The molecule has 2 N–H and O–H groups in total. The van der Waals surface area contributed by atoms with Gasteiger partial charge in [0.2, 0.25) is 0 Å². The first-order valence-electron chi connectivity index (χ1n) is 5.96. The summed E-state index contributed by atoms with van der Waals surface area (Å²) >= 11 is 0. The zero-order valence-corrected chi connectivity index (χ0v) is 11.9. The second-order valence-corrected chi connectivity index (χ2v) is 6.59. The fraction of sp³-hybridized carbons (Fsp3) is 1.00. The third-order valence-electron chi connectivity index (χ3n) is 4.12. The molecule has 0 rings (SSSR count). The number of hydrogen-bond acceptors (Lipinski definition) is 2. The predicted octanol–water partition coefficient (Wildman–Crippen LogP) is 2.73. The quantitative estimate of drug-likeness (QED) is 0.779. The average Bonchev–Trinajstić information content (AvgIpc) is 2.01. The zero-order valence-electron chi connectivity index (χ0n) is 11.9. The molecule has 0 spiro atoms. The molecule has 0 radical (unpaired) electrons. The van der Waals surface area contributed by atoms with E-state index in [1.165, 1.54) is 0 Å². The van der Waals surface area contributed by atoms with Crippen LogP contribution in [0.15, 0.2) is 0 Å². The van der Waals surface area contributed by atoms with Gasteiger partial charge in [-0.3, -0.25) is 4.90 Å². The third-order valence-corrected chi connectivity index (χ3v) is 4.12. The van der Waals surface area contributed by atoms with Crippen LogP contribution < -0.4 is 5.73 Å². The van der Waals surface area contributed by atoms with Crippen LogP contribution in [0.25, 0.3) is 0 Å². The summed E-state index contributed by atoms with van der Waals surface area (Å²) in [4.78, 5) is 2.38. The van der Waals surface area contributed by atoms with Crippen molar-refractivity contribution in [2.24, 2.45) is 17.1 Å². The first kappa shape index (κ1) is 14.9. The summed E-state index contributed by atoms with van der Waals surface area (Å²) < 4.78 is 0. The first-order valence-corrected chi connectivity index (χ1v) is 5.96. The molecule has 0 saturated carbocycles. The average molecular weight is 214 g/mol. The normalized spacial score (nSPS) is 18.0. The van der Waals surface area contributed by atoms with E-state index in [4.69, 9.17) is 5.73 Å². The first-order chi connectivity index (χ1) is 6.49. The summed E-state index contributed by atoms with van der Waals surface area (Å²) in [5.74, 6) is 0.667. The number of nitrogens with two attached hydrogens (primary N) is 1. The van der Waals surface area contributed by atoms with E-state index in [-0.39, 0.29) is 11.6 Å². The topological polar surface area (TPSA) is 29.3 Å². The third kappa shape index (κ3) is 4.12. The van der Waals surface area contributed by atoms with E-state index in [0.717, 1.165) is 6.54 Å². The van der Waals surface area contributed by atoms with E-state index in [9.17, 15) is 0 Å². The molecule has 2 heteroatoms. The Hall–Kier alpha value is -0.0800. The molecule has 0 heterocycles. The van der Waals surface area contributed by atoms with Crippen molar-refractivity contribution in [2.45, 2.75) is 60.0 Å². The molecule has 15 heavy (non-hydrogen) atoms. The van der Waals surface area contributed by atoms with Crippen molar-refractivity contribution >= 4 is 0 Å². The molecule has 0 aromatic carbocycles. The van der Waals surface area contributed by atoms with Crippen LogP contribution in [0.4, 0.5) is 0 Å². The number of hydrogen-bond donors (Lipinski definition) is 1. The Bertz CT molecular complexity index is 189. The molecule has 0 aliphatic carbocycles. The van der Waals surface area contributed by atoms with Crippen molar-refractivity contribution in [3.63, 3.8) is 0 Å². The summed E-state index contributed by atoms with van der Waals surface area (Å²) in [6.45, 7) is 16.8. The lowest BCUT2D eigenvalue weighted by Crippen LogP contribution is -2.54. The molecular weight excluding hydrogens is 184 g/mol. The van der Waals surface area contributed by atoms with Gasteiger partial charge in [-0.2, -0.15) is 0 Å². The second-order valence-electron chi connectivity index (χ2n) is 6.59. The molecule has 0 fully saturated rings. The van der Waals surface area contributed by atoms with Crippen LogP contribution in [-0.4, -0.2) is 30.1 Å². The van der Waals surface area contributed by atoms with Crippen molar-refractivity contribution in [3.05, 3.63) is 0 Å². The molecular formula is C13H30N2. The van der Waals surface area contributed by atoms with Crippen molar-refractivity contribution in [1.82, 2.24) is 4.90 Å². The summed E-state index contributed by atoms with van der Waals surface area (Å²) in [7, 11) is 2.17. The summed E-state index contributed by atoms with van der Waals surface area (Å²) in [6.07, 6.45) is 0. The van der Waals surface area contributed by atoms with Gasteiger partial charge in [0.1, 0.15) is 0 Å². The fourth-order valence-electron chi connectivity index (χ4n) is 1.27. The van der Waals surface area contributed by atoms with Gasteiger partial charge in [0.05, 0.1) is 0 Å². The van der Waals surface area contributed by atoms with E-state index >= 15 is 0 Å². The van der Waals surface area contributed by atoms with E-state index in [1.807, 2.05) is 0 Å². The minimum atomic E-state index is 0.0690. The van der Waals surface area contributed by atoms with Crippen LogP contribution in [0, 0.1) is 11.3 Å². The Labute approximate surface area is 96.2 Å². The van der Waals surface area contributed by atoms with Gasteiger partial charge < -0.3 is 5.73 Å². The van der Waals surface area contributed by atoms with Gasteiger partial charge in [0.25, 0.3) is 0 Å². The minimum Gasteiger partial charge on any atom is -0.326 e. The van der Waals surface area contributed by atoms with Crippen LogP contribution >= 0.6 is 0 Å². The molecule has 0 amide bonds. The Kier molecular flexibility index (Phi) is 4.81. The maximum absolute atomic E-state index is 6.01. The highest BCUT2D eigenvalue weighted by Crippen LogP contribution is 2.28. The molecule has 2 unspecified atom stereocenters. The van der Waals surface area contributed by atoms with Crippen molar-refractivity contribution in [1.29, 1.82) is 0 Å². The van der Waals surface area contributed by atoms with Gasteiger partial charge >= 0.3 is 0 Å². The van der Waals surface area contributed by atoms with Crippen molar-refractivity contribution in [3.8, 4) is 0 Å². The smallest absolute Gasteiger partial charge is 0.0298 e. The number of nitrogens with zero attached hydrogens (tertiary/aromatic N) is 1. The zero-order chi connectivity index (χ0) is 12.4. The van der Waals surface area contributed by atoms with Crippen LogP contribution in [0.2, 0.25) is 0 Å². The Balaban J connectivity index is 4.44. The Morgan fingerprint density at radius 3 is 1.73 bits per heavy atom. The minimum absolute atomic E-state index is 0.0690. The lowest BCUT2D eigenvalue weighted by atomic mass is 9.81. The SMILES string of the molecule is CC(CN(C)C(C)(C)C(C)N)C(C)(C)C. The summed E-state index contributed by atoms with van der Waals surface area (Å²) in [6, 6.07) is 0.190. The Morgan fingerprint density at radius 1 is 1.07 bits per heavy atom. The fourth-order valence-corrected chi connectivity index (χ4v) is 1.27. The number of rotatable bonds is 4. The largest absolute Gasteiger partial charge is 0.326 e. The second kappa shape index (κ2) is 4.84. The highest BCUT2D eigenvalue weighted by Gasteiger charge is 2.31. The van der Waals surface area contributed by atoms with E-state index in [0.29, 0.717) is 11.3 Å². The molecule has 2 atom stereocenters. The van der Waals surface area contributed by atoms with Crippen LogP contribution in [0.3, 0.4) is 0 Å². The Morgan fingerprint density at radius 2 is 1.47 bits per heavy atom. The lowest BCUT2D eigenvalue weighted by molar-refractivity contribution is 0.0844. The van der Waals surface area contributed by atoms with Gasteiger partial charge in [0, 0.05) is 18.1 Å². The van der Waals surface area contributed by atoms with Gasteiger partial charge in [-0.05, 0) is 39.2 Å². The van der Waals surface area contributed by atoms with Crippen molar-refractivity contribution in [2.75, 3.05) is 13.6 Å². The summed E-state index contributed by atoms with van der Waals surface area (Å²) in [5, 5.41) is 0. The van der Waals surface area contributed by atoms with Crippen LogP contribution in [0.1, 0.15) is 48.5 Å². The standard InChI is InChI=1S/C13H30N2/c1-10(12(3,4)5)9-15(8)13(6,7)11(2)14/h10-11H,9,14H2,1-8H3. The molecule has 0 aliphatic heterocycles. The van der Waals surface area contributed by atoms with E-state index in [2.05, 4.69) is 60.4 Å². The molecule has 92 valence electrons. The molecule has 0 saturated heterocycles. The number of likely N-dealkylation sites (N-methyl/N-ethyl adjacent to an activating group) is 1. The van der Waals surface area contributed by atoms with Crippen LogP contribution in [-0.2, 0) is 0 Å². The monoisotopic (exact) mass is 214 g/mol. The van der Waals surface area contributed by atoms with Gasteiger partial charge in [-0.1, -0.05) is 27.7 Å². The maximum Gasteiger partial charge on any atom is 0.0298 e. The molecule has 0 aliphatic rings. The summed E-state index contributed by atoms with van der Waals surface area (Å²) in [5.41, 5.74) is 6.45. The van der Waals surface area contributed by atoms with Gasteiger partial charge in [0.15, 0.2) is 0 Å².